The van der Waals surface area contributed by atoms with Gasteiger partial charge in [-0.15, -0.1) is 0 Å². The molecule has 0 aliphatic heterocycles. The van der Waals surface area contributed by atoms with E-state index in [9.17, 15) is 18.4 Å². The third-order valence-corrected chi connectivity index (χ3v) is 2.15. The van der Waals surface area contributed by atoms with Crippen molar-refractivity contribution in [2.45, 2.75) is 6.61 Å². The van der Waals surface area contributed by atoms with Crippen LogP contribution in [0.4, 0.5) is 8.78 Å². The second-order valence-electron chi connectivity index (χ2n) is 3.40. The van der Waals surface area contributed by atoms with Crippen molar-refractivity contribution < 1.29 is 13.5 Å². The molecule has 18 heavy (non-hydrogen) atoms. The van der Waals surface area contributed by atoms with Gasteiger partial charge in [0.1, 0.15) is 5.75 Å². The van der Waals surface area contributed by atoms with E-state index in [4.69, 9.17) is 0 Å². The van der Waals surface area contributed by atoms with Crippen molar-refractivity contribution in [3.63, 3.8) is 0 Å². The zero-order valence-electron chi connectivity index (χ0n) is 8.94. The molecule has 7 heteroatoms. The molecule has 1 aromatic carbocycles. The highest BCUT2D eigenvalue weighted by Gasteiger charge is 2.05. The van der Waals surface area contributed by atoms with E-state index in [2.05, 4.69) is 9.72 Å². The average molecular weight is 254 g/mol. The first-order valence-electron chi connectivity index (χ1n) is 4.93. The van der Waals surface area contributed by atoms with Gasteiger partial charge in [-0.05, 0) is 29.8 Å². The lowest BCUT2D eigenvalue weighted by atomic mass is 10.1. The lowest BCUT2D eigenvalue weighted by Crippen LogP contribution is -2.21. The number of rotatable bonds is 3. The van der Waals surface area contributed by atoms with E-state index in [0.717, 1.165) is 0 Å². The van der Waals surface area contributed by atoms with Crippen molar-refractivity contribution in [1.82, 2.24) is 9.97 Å². The molecule has 0 saturated heterocycles. The molecule has 0 spiro atoms. The lowest BCUT2D eigenvalue weighted by molar-refractivity contribution is -0.0498. The topological polar surface area (TPSA) is 75.0 Å². The van der Waals surface area contributed by atoms with Gasteiger partial charge in [-0.1, -0.05) is 0 Å². The molecule has 2 aromatic rings. The smallest absolute Gasteiger partial charge is 0.387 e. The molecule has 2 rings (SSSR count). The van der Waals surface area contributed by atoms with Gasteiger partial charge in [0.05, 0.1) is 5.69 Å². The number of halogens is 2. The van der Waals surface area contributed by atoms with Gasteiger partial charge in [-0.25, -0.2) is 4.79 Å². The molecule has 0 unspecified atom stereocenters. The second-order valence-corrected chi connectivity index (χ2v) is 3.40. The zero-order valence-corrected chi connectivity index (χ0v) is 8.94. The summed E-state index contributed by atoms with van der Waals surface area (Å²) in [4.78, 5) is 26.6. The summed E-state index contributed by atoms with van der Waals surface area (Å²) in [5.41, 5.74) is -0.362. The number of ether oxygens (including phenoxy) is 1. The predicted molar refractivity (Wildman–Crippen MR) is 59.8 cm³/mol. The maximum atomic E-state index is 11.9. The Hall–Kier alpha value is -2.44. The molecule has 0 radical (unpaired) electrons. The van der Waals surface area contributed by atoms with E-state index in [1.54, 1.807) is 0 Å². The Balaban J connectivity index is 2.34. The summed E-state index contributed by atoms with van der Waals surface area (Å²) in [6, 6.07) is 6.76. The largest absolute Gasteiger partial charge is 0.435 e. The minimum atomic E-state index is -2.89. The maximum Gasteiger partial charge on any atom is 0.387 e. The molecule has 0 amide bonds. The van der Waals surface area contributed by atoms with Crippen LogP contribution in [-0.4, -0.2) is 16.6 Å². The molecule has 0 fully saturated rings. The molecule has 94 valence electrons. The summed E-state index contributed by atoms with van der Waals surface area (Å²) < 4.78 is 28.0. The Morgan fingerprint density at radius 3 is 2.28 bits per heavy atom. The number of hydrogen-bond donors (Lipinski definition) is 2. The molecule has 2 N–H and O–H groups in total. The van der Waals surface area contributed by atoms with Gasteiger partial charge < -0.3 is 9.72 Å². The number of alkyl halides is 2. The molecular formula is C11H8F2N2O3. The fourth-order valence-corrected chi connectivity index (χ4v) is 1.44. The van der Waals surface area contributed by atoms with Crippen LogP contribution in [0.3, 0.4) is 0 Å². The van der Waals surface area contributed by atoms with E-state index in [1.807, 2.05) is 4.98 Å². The van der Waals surface area contributed by atoms with E-state index in [0.29, 0.717) is 11.3 Å². The molecule has 1 heterocycles. The predicted octanol–water partition coefficient (Wildman–Crippen LogP) is 1.33. The summed E-state index contributed by atoms with van der Waals surface area (Å²) in [5, 5.41) is 0. The fourth-order valence-electron chi connectivity index (χ4n) is 1.44. The highest BCUT2D eigenvalue weighted by molar-refractivity contribution is 5.59. The van der Waals surface area contributed by atoms with E-state index < -0.39 is 17.9 Å². The molecule has 0 saturated carbocycles. The lowest BCUT2D eigenvalue weighted by Gasteiger charge is -2.05. The summed E-state index contributed by atoms with van der Waals surface area (Å²) in [5.74, 6) is 0.000868. The highest BCUT2D eigenvalue weighted by atomic mass is 19.3. The minimum Gasteiger partial charge on any atom is -0.435 e. The van der Waals surface area contributed by atoms with Gasteiger partial charge in [0.15, 0.2) is 0 Å². The molecule has 0 bridgehead atoms. The van der Waals surface area contributed by atoms with Crippen molar-refractivity contribution >= 4 is 0 Å². The summed E-state index contributed by atoms with van der Waals surface area (Å²) >= 11 is 0. The number of aromatic nitrogens is 2. The second kappa shape index (κ2) is 4.82. The van der Waals surface area contributed by atoms with E-state index in [1.165, 1.54) is 30.3 Å². The van der Waals surface area contributed by atoms with Crippen molar-refractivity contribution in [3.8, 4) is 17.0 Å². The maximum absolute atomic E-state index is 11.9. The van der Waals surface area contributed by atoms with Crippen LogP contribution in [0.15, 0.2) is 39.9 Å². The van der Waals surface area contributed by atoms with Gasteiger partial charge in [0.25, 0.3) is 5.56 Å². The normalized spacial score (nSPS) is 10.6. The Morgan fingerprint density at radius 2 is 1.72 bits per heavy atom. The van der Waals surface area contributed by atoms with E-state index in [-0.39, 0.29) is 5.75 Å². The molecular weight excluding hydrogens is 246 g/mol. The minimum absolute atomic E-state index is 0.000868. The SMILES string of the molecule is O=c1cc(-c2ccc(OC(F)F)cc2)[nH]c(=O)[nH]1. The van der Waals surface area contributed by atoms with Gasteiger partial charge in [-0.2, -0.15) is 8.78 Å². The van der Waals surface area contributed by atoms with Crippen molar-refractivity contribution in [1.29, 1.82) is 0 Å². The standard InChI is InChI=1S/C11H8F2N2O3/c12-10(13)18-7-3-1-6(2-4-7)8-5-9(16)15-11(17)14-8/h1-5,10H,(H2,14,15,16,17). The molecule has 5 nitrogen and oxygen atoms in total. The highest BCUT2D eigenvalue weighted by Crippen LogP contribution is 2.20. The number of aromatic amines is 2. The summed E-state index contributed by atoms with van der Waals surface area (Å²) in [6.07, 6.45) is 0. The number of nitrogens with one attached hydrogen (secondary N) is 2. The molecule has 0 atom stereocenters. The van der Waals surface area contributed by atoms with Crippen LogP contribution >= 0.6 is 0 Å². The van der Waals surface area contributed by atoms with Crippen LogP contribution in [0, 0.1) is 0 Å². The summed E-state index contributed by atoms with van der Waals surface area (Å²) in [6.45, 7) is -2.89. The first-order chi connectivity index (χ1) is 8.54. The monoisotopic (exact) mass is 254 g/mol. The van der Waals surface area contributed by atoms with Crippen LogP contribution in [0.25, 0.3) is 11.3 Å². The van der Waals surface area contributed by atoms with Crippen LogP contribution in [0.1, 0.15) is 0 Å². The third-order valence-electron chi connectivity index (χ3n) is 2.15. The van der Waals surface area contributed by atoms with Gasteiger partial charge >= 0.3 is 12.3 Å². The number of H-pyrrole nitrogens is 2. The quantitative estimate of drug-likeness (QED) is 0.867. The number of benzene rings is 1. The first-order valence-corrected chi connectivity index (χ1v) is 4.93. The first kappa shape index (κ1) is 12.0. The van der Waals surface area contributed by atoms with Crippen LogP contribution in [0.2, 0.25) is 0 Å². The number of hydrogen-bond acceptors (Lipinski definition) is 3. The third kappa shape index (κ3) is 2.82. The Morgan fingerprint density at radius 1 is 1.06 bits per heavy atom. The molecule has 1 aromatic heterocycles. The average Bonchev–Trinajstić information content (AvgIpc) is 2.27. The van der Waals surface area contributed by atoms with Crippen LogP contribution in [-0.2, 0) is 0 Å². The Labute approximate surface area is 99.1 Å². The van der Waals surface area contributed by atoms with Gasteiger partial charge in [0, 0.05) is 6.07 Å². The van der Waals surface area contributed by atoms with Crippen molar-refractivity contribution in [3.05, 3.63) is 51.2 Å². The Kier molecular flexibility index (Phi) is 3.22. The Bertz CT molecular complexity index is 618. The summed E-state index contributed by atoms with van der Waals surface area (Å²) in [7, 11) is 0. The molecule has 0 aliphatic rings. The van der Waals surface area contributed by atoms with E-state index >= 15 is 0 Å². The zero-order chi connectivity index (χ0) is 13.1. The fraction of sp³-hybridized carbons (Fsp3) is 0.0909. The van der Waals surface area contributed by atoms with Crippen molar-refractivity contribution in [2.75, 3.05) is 0 Å². The van der Waals surface area contributed by atoms with Crippen LogP contribution in [0.5, 0.6) is 5.75 Å². The van der Waals surface area contributed by atoms with Gasteiger partial charge in [0.2, 0.25) is 0 Å². The van der Waals surface area contributed by atoms with Crippen molar-refractivity contribution in [2.24, 2.45) is 0 Å². The molecule has 0 aliphatic carbocycles. The van der Waals surface area contributed by atoms with Gasteiger partial charge in [-0.3, -0.25) is 9.78 Å². The van der Waals surface area contributed by atoms with Crippen LogP contribution < -0.4 is 16.0 Å².